The van der Waals surface area contributed by atoms with Crippen LogP contribution in [0.5, 0.6) is 11.5 Å². The van der Waals surface area contributed by atoms with E-state index in [0.29, 0.717) is 35.5 Å². The molecule has 3 aliphatic rings. The second-order valence-electron chi connectivity index (χ2n) is 13.7. The van der Waals surface area contributed by atoms with E-state index in [1.807, 2.05) is 0 Å². The molecule has 10 nitrogen and oxygen atoms in total. The molecule has 6 aromatic carbocycles. The Balaban J connectivity index is 0.000000162. The lowest BCUT2D eigenvalue weighted by molar-refractivity contribution is -0.121. The highest BCUT2D eigenvalue weighted by Gasteiger charge is 2.55. The van der Waals surface area contributed by atoms with E-state index >= 15 is 0 Å². The van der Waals surface area contributed by atoms with Gasteiger partial charge in [-0.25, -0.2) is 31.1 Å². The summed E-state index contributed by atoms with van der Waals surface area (Å²) in [4.78, 5) is 37.5. The number of carbonyl (C=O) groups excluding carboxylic acids is 3. The average Bonchev–Trinajstić information content (AvgIpc) is 3.93. The molecule has 0 saturated carbocycles. The van der Waals surface area contributed by atoms with Crippen molar-refractivity contribution in [3.63, 3.8) is 0 Å². The number of fused-ring (bicyclic) bond motifs is 2. The molecule has 6 aromatic rings. The zero-order valence-corrected chi connectivity index (χ0v) is 31.5. The van der Waals surface area contributed by atoms with E-state index < -0.39 is 70.3 Å². The Morgan fingerprint density at radius 3 is 1.43 bits per heavy atom. The molecule has 16 heteroatoms. The van der Waals surface area contributed by atoms with E-state index in [0.717, 1.165) is 17.0 Å². The standard InChI is InChI=1S/C22H16F3NO3.C20H12F3NO2.C3H4O3/c23-15-5-1-13(2-6-15)22(14-3-7-16(28)8-4-14)17-9-10-18(24)19(25)20(17)26(11-12-27)21(22)29;21-13-5-1-11(2-6-13)20(12-3-7-14(25)8-4-12)15-9-10-16(22)17(23)18(15)24-19(20)26;4-3-5-1-2-6-3/h1-10,27-28H,11-12H2;1-10,25H,(H,24,26);1-2H2. The molecule has 0 radical (unpaired) electrons. The maximum atomic E-state index is 14.8. The van der Waals surface area contributed by atoms with Crippen LogP contribution in [0.25, 0.3) is 0 Å². The van der Waals surface area contributed by atoms with Crippen molar-refractivity contribution in [2.75, 3.05) is 36.6 Å². The first kappa shape index (κ1) is 41.8. The van der Waals surface area contributed by atoms with Crippen molar-refractivity contribution in [1.29, 1.82) is 0 Å². The topological polar surface area (TPSA) is 146 Å². The maximum absolute atomic E-state index is 14.8. The van der Waals surface area contributed by atoms with Gasteiger partial charge in [0.2, 0.25) is 11.8 Å². The monoisotopic (exact) mass is 842 g/mol. The molecule has 1 fully saturated rings. The van der Waals surface area contributed by atoms with Gasteiger partial charge in [0.05, 0.1) is 18.0 Å². The number of aliphatic hydroxyl groups excluding tert-OH is 1. The van der Waals surface area contributed by atoms with E-state index in [9.17, 15) is 56.0 Å². The van der Waals surface area contributed by atoms with Crippen LogP contribution in [0.3, 0.4) is 0 Å². The fourth-order valence-corrected chi connectivity index (χ4v) is 7.73. The molecule has 2 unspecified atom stereocenters. The number of amides is 2. The SMILES string of the molecule is O=C1N(CCO)c2c(ccc(F)c2F)C1(c1ccc(O)cc1)c1ccc(F)cc1.O=C1Nc2c(ccc(F)c2F)C1(c1ccc(O)cc1)c1ccc(F)cc1.O=C1OCCO1. The van der Waals surface area contributed by atoms with Crippen molar-refractivity contribution in [1.82, 2.24) is 0 Å². The number of nitrogens with zero attached hydrogens (tertiary/aromatic N) is 1. The highest BCUT2D eigenvalue weighted by molar-refractivity contribution is 6.13. The lowest BCUT2D eigenvalue weighted by Gasteiger charge is -2.30. The Kier molecular flexibility index (Phi) is 11.5. The van der Waals surface area contributed by atoms with Crippen LogP contribution in [0.4, 0.5) is 42.5 Å². The summed E-state index contributed by atoms with van der Waals surface area (Å²) < 4.78 is 92.4. The fourth-order valence-electron chi connectivity index (χ4n) is 7.73. The molecule has 61 heavy (non-hydrogen) atoms. The van der Waals surface area contributed by atoms with E-state index in [-0.39, 0.29) is 40.5 Å². The molecule has 0 spiro atoms. The molecule has 4 N–H and O–H groups in total. The third-order valence-corrected chi connectivity index (χ3v) is 10.4. The Morgan fingerprint density at radius 1 is 0.557 bits per heavy atom. The second kappa shape index (κ2) is 16.7. The number of aromatic hydroxyl groups is 2. The molecule has 2 amide bonds. The van der Waals surface area contributed by atoms with E-state index in [4.69, 9.17) is 0 Å². The summed E-state index contributed by atoms with van der Waals surface area (Å²) in [5.74, 6) is -6.80. The largest absolute Gasteiger partial charge is 0.508 e. The van der Waals surface area contributed by atoms with Crippen molar-refractivity contribution in [3.05, 3.63) is 190 Å². The predicted molar refractivity (Wildman–Crippen MR) is 207 cm³/mol. The van der Waals surface area contributed by atoms with E-state index in [1.165, 1.54) is 109 Å². The number of carbonyl (C=O) groups is 3. The number of nitrogens with one attached hydrogen (secondary N) is 1. The third kappa shape index (κ3) is 7.24. The van der Waals surface area contributed by atoms with Gasteiger partial charge in [0.1, 0.15) is 47.2 Å². The molecule has 9 rings (SSSR count). The van der Waals surface area contributed by atoms with E-state index in [1.54, 1.807) is 0 Å². The number of anilines is 2. The van der Waals surface area contributed by atoms with Crippen LogP contribution >= 0.6 is 0 Å². The Bertz CT molecular complexity index is 2530. The summed E-state index contributed by atoms with van der Waals surface area (Å²) in [6.45, 7) is 0.126. The summed E-state index contributed by atoms with van der Waals surface area (Å²) in [6.07, 6.45) is -0.546. The predicted octanol–water partition coefficient (Wildman–Crippen LogP) is 7.73. The van der Waals surface area contributed by atoms with Gasteiger partial charge in [0.25, 0.3) is 0 Å². The fraction of sp³-hybridized carbons (Fsp3) is 0.133. The molecule has 3 aliphatic heterocycles. The van der Waals surface area contributed by atoms with Crippen LogP contribution in [0.1, 0.15) is 33.4 Å². The van der Waals surface area contributed by atoms with Crippen molar-refractivity contribution >= 4 is 29.3 Å². The van der Waals surface area contributed by atoms with Gasteiger partial charge in [-0.1, -0.05) is 60.7 Å². The van der Waals surface area contributed by atoms with Gasteiger partial charge in [-0.3, -0.25) is 9.59 Å². The number of hydrogen-bond acceptors (Lipinski definition) is 8. The number of hydrogen-bond donors (Lipinski definition) is 4. The van der Waals surface area contributed by atoms with Gasteiger partial charge in [-0.2, -0.15) is 0 Å². The van der Waals surface area contributed by atoms with Gasteiger partial charge in [0, 0.05) is 17.7 Å². The van der Waals surface area contributed by atoms with Crippen molar-refractivity contribution in [3.8, 4) is 11.5 Å². The van der Waals surface area contributed by atoms with Gasteiger partial charge in [0.15, 0.2) is 23.3 Å². The highest BCUT2D eigenvalue weighted by atomic mass is 19.2. The lowest BCUT2D eigenvalue weighted by atomic mass is 9.70. The Hall–Kier alpha value is -7.33. The number of aliphatic hydroxyl groups is 1. The van der Waals surface area contributed by atoms with Crippen LogP contribution in [-0.4, -0.2) is 59.7 Å². The van der Waals surface area contributed by atoms with Crippen LogP contribution in [0, 0.1) is 34.9 Å². The summed E-state index contributed by atoms with van der Waals surface area (Å²) >= 11 is 0. The maximum Gasteiger partial charge on any atom is 0.508 e. The molecular weight excluding hydrogens is 810 g/mol. The summed E-state index contributed by atoms with van der Waals surface area (Å²) in [5.41, 5.74) is -1.64. The van der Waals surface area contributed by atoms with Gasteiger partial charge < -0.3 is 35.0 Å². The number of phenolic OH excluding ortho intramolecular Hbond substituents is 2. The number of cyclic esters (lactones) is 2. The average molecular weight is 843 g/mol. The number of benzene rings is 6. The van der Waals surface area contributed by atoms with Crippen LogP contribution in [0.15, 0.2) is 121 Å². The normalized spacial score (nSPS) is 18.5. The summed E-state index contributed by atoms with van der Waals surface area (Å²) in [5, 5.41) is 31.1. The number of β-amino-alcohol motifs (C(OH)–C–C–N with tert-alkyl or cyclic N) is 1. The second-order valence-corrected chi connectivity index (χ2v) is 13.7. The van der Waals surface area contributed by atoms with Crippen molar-refractivity contribution < 1.29 is 65.5 Å². The number of halogens is 6. The molecule has 0 aromatic heterocycles. The minimum Gasteiger partial charge on any atom is -0.508 e. The van der Waals surface area contributed by atoms with Crippen LogP contribution in [0.2, 0.25) is 0 Å². The highest BCUT2D eigenvalue weighted by Crippen LogP contribution is 2.52. The lowest BCUT2D eigenvalue weighted by Crippen LogP contribution is -2.43. The number of rotatable bonds is 6. The Labute approximate surface area is 342 Å². The quantitative estimate of drug-likeness (QED) is 0.0986. The minimum absolute atomic E-state index is 0.00748. The first-order chi connectivity index (χ1) is 29.2. The molecule has 312 valence electrons. The molecule has 0 aliphatic carbocycles. The smallest absolute Gasteiger partial charge is 0.508 e. The summed E-state index contributed by atoms with van der Waals surface area (Å²) in [6, 6.07) is 26.6. The van der Waals surface area contributed by atoms with Crippen LogP contribution < -0.4 is 10.2 Å². The molecule has 1 saturated heterocycles. The molecule has 3 heterocycles. The molecular formula is C45H32F6N2O8. The van der Waals surface area contributed by atoms with Gasteiger partial charge in [-0.05, 0) is 82.9 Å². The first-order valence-electron chi connectivity index (χ1n) is 18.4. The first-order valence-corrected chi connectivity index (χ1v) is 18.4. The Morgan fingerprint density at radius 2 is 0.984 bits per heavy atom. The minimum atomic E-state index is -1.60. The number of phenols is 2. The molecule has 0 bridgehead atoms. The van der Waals surface area contributed by atoms with E-state index in [2.05, 4.69) is 14.8 Å². The zero-order valence-electron chi connectivity index (χ0n) is 31.5. The number of ether oxygens (including phenoxy) is 2. The van der Waals surface area contributed by atoms with Crippen molar-refractivity contribution in [2.24, 2.45) is 0 Å². The molecule has 2 atom stereocenters. The van der Waals surface area contributed by atoms with Gasteiger partial charge >= 0.3 is 6.16 Å². The van der Waals surface area contributed by atoms with Crippen molar-refractivity contribution in [2.45, 2.75) is 10.8 Å². The summed E-state index contributed by atoms with van der Waals surface area (Å²) in [7, 11) is 0. The van der Waals surface area contributed by atoms with Gasteiger partial charge in [-0.15, -0.1) is 0 Å². The zero-order chi connectivity index (χ0) is 43.6. The van der Waals surface area contributed by atoms with Crippen LogP contribution in [-0.2, 0) is 29.9 Å². The third-order valence-electron chi connectivity index (χ3n) is 10.4.